The van der Waals surface area contributed by atoms with Gasteiger partial charge in [-0.1, -0.05) is 6.07 Å². The Morgan fingerprint density at radius 1 is 1.12 bits per heavy atom. The number of rotatable bonds is 2. The van der Waals surface area contributed by atoms with E-state index in [1.165, 1.54) is 0 Å². The summed E-state index contributed by atoms with van der Waals surface area (Å²) in [5.74, 6) is -1.61. The van der Waals surface area contributed by atoms with Gasteiger partial charge in [0.2, 0.25) is 0 Å². The zero-order valence-corrected chi connectivity index (χ0v) is 8.96. The molecule has 0 bridgehead atoms. The van der Waals surface area contributed by atoms with Gasteiger partial charge in [-0.15, -0.1) is 12.4 Å². The van der Waals surface area contributed by atoms with Gasteiger partial charge in [-0.25, -0.2) is 13.2 Å². The van der Waals surface area contributed by atoms with Crippen LogP contribution in [0.25, 0.3) is 0 Å². The van der Waals surface area contributed by atoms with Crippen molar-refractivity contribution in [3.63, 3.8) is 0 Å². The molecule has 0 saturated carbocycles. The van der Waals surface area contributed by atoms with E-state index in [9.17, 15) is 26.3 Å². The Balaban J connectivity index is 0.00000256. The van der Waals surface area contributed by atoms with Gasteiger partial charge in [0.05, 0.1) is 11.6 Å². The van der Waals surface area contributed by atoms with Gasteiger partial charge in [0.1, 0.15) is 5.82 Å². The van der Waals surface area contributed by atoms with E-state index in [-0.39, 0.29) is 18.0 Å². The second-order valence-corrected chi connectivity index (χ2v) is 3.10. The maximum Gasteiger partial charge on any atom is 0.419 e. The Kier molecular flexibility index (Phi) is 5.28. The molecule has 8 heteroatoms. The molecule has 1 rings (SSSR count). The number of hydrogen-bond donors (Lipinski definition) is 1. The van der Waals surface area contributed by atoms with E-state index >= 15 is 0 Å². The lowest BCUT2D eigenvalue weighted by Crippen LogP contribution is -2.19. The van der Waals surface area contributed by atoms with Crippen molar-refractivity contribution in [2.75, 3.05) is 0 Å². The molecule has 1 aromatic rings. The Morgan fingerprint density at radius 2 is 1.65 bits per heavy atom. The van der Waals surface area contributed by atoms with Gasteiger partial charge in [-0.05, 0) is 17.7 Å². The molecular formula is C9H8ClF6N. The van der Waals surface area contributed by atoms with Crippen LogP contribution in [0.2, 0.25) is 0 Å². The van der Waals surface area contributed by atoms with Crippen LogP contribution in [-0.4, -0.2) is 6.43 Å². The van der Waals surface area contributed by atoms with Gasteiger partial charge in [0.15, 0.2) is 0 Å². The smallest absolute Gasteiger partial charge is 0.319 e. The van der Waals surface area contributed by atoms with Crippen molar-refractivity contribution in [3.05, 3.63) is 35.1 Å². The summed E-state index contributed by atoms with van der Waals surface area (Å²) in [5, 5.41) is 0. The summed E-state index contributed by atoms with van der Waals surface area (Å²) in [6, 6.07) is -0.285. The SMILES string of the molecule is Cl.N[C@@H](c1ccc(C(F)(F)F)c(F)c1)C(F)F. The minimum Gasteiger partial charge on any atom is -0.319 e. The molecule has 0 aliphatic carbocycles. The van der Waals surface area contributed by atoms with Crippen LogP contribution in [0.15, 0.2) is 18.2 Å². The maximum atomic E-state index is 12.9. The van der Waals surface area contributed by atoms with Crippen LogP contribution in [0.5, 0.6) is 0 Å². The number of hydrogen-bond acceptors (Lipinski definition) is 1. The molecule has 2 N–H and O–H groups in total. The summed E-state index contributed by atoms with van der Waals surface area (Å²) in [5.41, 5.74) is 3.09. The standard InChI is InChI=1S/C9H7F6N.ClH/c10-6-3-4(7(16)8(11)12)1-2-5(6)9(13,14)15;/h1-3,7-8H,16H2;1H/t7-;/m0./s1. The molecular weight excluding hydrogens is 272 g/mol. The molecule has 0 heterocycles. The van der Waals surface area contributed by atoms with E-state index in [0.717, 1.165) is 6.07 Å². The van der Waals surface area contributed by atoms with Crippen LogP contribution >= 0.6 is 12.4 Å². The molecule has 0 saturated heterocycles. The van der Waals surface area contributed by atoms with E-state index in [2.05, 4.69) is 0 Å². The normalized spacial score (nSPS) is 13.4. The molecule has 0 aliphatic heterocycles. The van der Waals surface area contributed by atoms with Crippen molar-refractivity contribution >= 4 is 12.4 Å². The van der Waals surface area contributed by atoms with E-state index < -0.39 is 30.0 Å². The van der Waals surface area contributed by atoms with E-state index in [1.54, 1.807) is 0 Å². The van der Waals surface area contributed by atoms with Crippen LogP contribution in [0.1, 0.15) is 17.2 Å². The first-order chi connectivity index (χ1) is 7.23. The lowest BCUT2D eigenvalue weighted by molar-refractivity contribution is -0.140. The summed E-state index contributed by atoms with van der Waals surface area (Å²) in [7, 11) is 0. The Labute approximate surface area is 99.0 Å². The summed E-state index contributed by atoms with van der Waals surface area (Å²) in [6.45, 7) is 0. The summed E-state index contributed by atoms with van der Waals surface area (Å²) in [4.78, 5) is 0. The molecule has 0 spiro atoms. The monoisotopic (exact) mass is 279 g/mol. The molecule has 0 amide bonds. The third kappa shape index (κ3) is 3.78. The highest BCUT2D eigenvalue weighted by molar-refractivity contribution is 5.85. The molecule has 1 atom stereocenters. The third-order valence-corrected chi connectivity index (χ3v) is 1.95. The minimum atomic E-state index is -4.85. The fourth-order valence-corrected chi connectivity index (χ4v) is 1.11. The first-order valence-electron chi connectivity index (χ1n) is 4.14. The van der Waals surface area contributed by atoms with Crippen LogP contribution in [0.4, 0.5) is 26.3 Å². The van der Waals surface area contributed by atoms with Gasteiger partial charge >= 0.3 is 6.18 Å². The number of halogens is 7. The molecule has 0 aliphatic rings. The van der Waals surface area contributed by atoms with Crippen LogP contribution in [0, 0.1) is 5.82 Å². The second kappa shape index (κ2) is 5.59. The lowest BCUT2D eigenvalue weighted by Gasteiger charge is -2.13. The maximum absolute atomic E-state index is 12.9. The first kappa shape index (κ1) is 16.1. The predicted octanol–water partition coefficient (Wildman–Crippen LogP) is 3.53. The van der Waals surface area contributed by atoms with E-state index in [1.807, 2.05) is 0 Å². The highest BCUT2D eigenvalue weighted by Crippen LogP contribution is 2.32. The highest BCUT2D eigenvalue weighted by atomic mass is 35.5. The Hall–Kier alpha value is -0.950. The molecule has 0 radical (unpaired) electrons. The second-order valence-electron chi connectivity index (χ2n) is 3.10. The fourth-order valence-electron chi connectivity index (χ4n) is 1.11. The molecule has 0 unspecified atom stereocenters. The summed E-state index contributed by atoms with van der Waals surface area (Å²) < 4.78 is 73.5. The van der Waals surface area contributed by atoms with E-state index in [4.69, 9.17) is 5.73 Å². The third-order valence-electron chi connectivity index (χ3n) is 1.95. The molecule has 98 valence electrons. The molecule has 17 heavy (non-hydrogen) atoms. The summed E-state index contributed by atoms with van der Waals surface area (Å²) >= 11 is 0. The van der Waals surface area contributed by atoms with Crippen molar-refractivity contribution in [2.45, 2.75) is 18.6 Å². The van der Waals surface area contributed by atoms with Gasteiger partial charge in [0.25, 0.3) is 6.43 Å². The molecule has 0 aromatic heterocycles. The molecule has 1 nitrogen and oxygen atoms in total. The summed E-state index contributed by atoms with van der Waals surface area (Å²) in [6.07, 6.45) is -7.81. The van der Waals surface area contributed by atoms with Gasteiger partial charge < -0.3 is 5.73 Å². The van der Waals surface area contributed by atoms with Gasteiger partial charge in [-0.2, -0.15) is 13.2 Å². The van der Waals surface area contributed by atoms with Crippen molar-refractivity contribution in [1.82, 2.24) is 0 Å². The lowest BCUT2D eigenvalue weighted by atomic mass is 10.1. The molecule has 1 aromatic carbocycles. The van der Waals surface area contributed by atoms with Crippen molar-refractivity contribution in [2.24, 2.45) is 5.73 Å². The average Bonchev–Trinajstić information content (AvgIpc) is 2.14. The van der Waals surface area contributed by atoms with Crippen LogP contribution in [0.3, 0.4) is 0 Å². The number of benzene rings is 1. The largest absolute Gasteiger partial charge is 0.419 e. The van der Waals surface area contributed by atoms with Crippen molar-refractivity contribution in [3.8, 4) is 0 Å². The Bertz CT molecular complexity index is 378. The quantitative estimate of drug-likeness (QED) is 0.824. The number of alkyl halides is 5. The highest BCUT2D eigenvalue weighted by Gasteiger charge is 2.34. The topological polar surface area (TPSA) is 26.0 Å². The predicted molar refractivity (Wildman–Crippen MR) is 51.6 cm³/mol. The average molecular weight is 280 g/mol. The fraction of sp³-hybridized carbons (Fsp3) is 0.333. The van der Waals surface area contributed by atoms with Gasteiger partial charge in [-0.3, -0.25) is 0 Å². The van der Waals surface area contributed by atoms with Crippen molar-refractivity contribution in [1.29, 1.82) is 0 Å². The Morgan fingerprint density at radius 3 is 2.00 bits per heavy atom. The van der Waals surface area contributed by atoms with Crippen molar-refractivity contribution < 1.29 is 26.3 Å². The zero-order valence-electron chi connectivity index (χ0n) is 8.14. The first-order valence-corrected chi connectivity index (χ1v) is 4.14. The van der Waals surface area contributed by atoms with Crippen LogP contribution < -0.4 is 5.73 Å². The van der Waals surface area contributed by atoms with Gasteiger partial charge in [0, 0.05) is 0 Å². The molecule has 0 fully saturated rings. The zero-order chi connectivity index (χ0) is 12.5. The van der Waals surface area contributed by atoms with E-state index in [0.29, 0.717) is 12.1 Å². The number of nitrogens with two attached hydrogens (primary N) is 1. The van der Waals surface area contributed by atoms with Crippen LogP contribution in [-0.2, 0) is 6.18 Å². The minimum absolute atomic E-state index is 0.